The Kier molecular flexibility index (Phi) is 45.2. The Bertz CT molecular complexity index is 4280. The van der Waals surface area contributed by atoms with Crippen molar-refractivity contribution in [2.24, 2.45) is 0 Å². The number of aromatic nitrogens is 6. The Morgan fingerprint density at radius 3 is 0.764 bits per heavy atom. The van der Waals surface area contributed by atoms with Gasteiger partial charge in [0.05, 0.1) is 43.1 Å². The van der Waals surface area contributed by atoms with Crippen molar-refractivity contribution in [1.82, 2.24) is 29.9 Å². The first-order chi connectivity index (χ1) is 60.4. The zero-order chi connectivity index (χ0) is 86.4. The van der Waals surface area contributed by atoms with Crippen LogP contribution >= 0.6 is 0 Å². The molecule has 0 radical (unpaired) electrons. The topological polar surface area (TPSA) is 212 Å². The van der Waals surface area contributed by atoms with E-state index in [2.05, 4.69) is 70.4 Å². The molecule has 0 saturated carbocycles. The van der Waals surface area contributed by atoms with Crippen LogP contribution in [0.15, 0.2) is 203 Å². The largest absolute Gasteiger partial charge is 0.494 e. The molecule has 18 heteroatoms. The van der Waals surface area contributed by atoms with Crippen molar-refractivity contribution >= 4 is 34.6 Å². The number of ether oxygens (including phenoxy) is 9. The van der Waals surface area contributed by atoms with E-state index in [1.165, 1.54) is 116 Å². The third kappa shape index (κ3) is 37.2. The highest BCUT2D eigenvalue weighted by molar-refractivity contribution is 6.17. The van der Waals surface area contributed by atoms with Gasteiger partial charge in [-0.25, -0.2) is 44.3 Å². The first-order valence-corrected chi connectivity index (χ1v) is 45.9. The van der Waals surface area contributed by atoms with Crippen LogP contribution in [-0.4, -0.2) is 100 Å². The van der Waals surface area contributed by atoms with E-state index in [9.17, 15) is 14.4 Å². The third-order valence-corrected chi connectivity index (χ3v) is 21.8. The van der Waals surface area contributed by atoms with Crippen LogP contribution < -0.4 is 28.4 Å². The lowest BCUT2D eigenvalue weighted by Crippen LogP contribution is -2.21. The molecule has 3 aromatic heterocycles. The van der Waals surface area contributed by atoms with Gasteiger partial charge in [-0.3, -0.25) is 0 Å². The van der Waals surface area contributed by atoms with Crippen LogP contribution in [0.5, 0.6) is 34.5 Å². The minimum Gasteiger partial charge on any atom is -0.494 e. The van der Waals surface area contributed by atoms with Crippen LogP contribution in [0.2, 0.25) is 0 Å². The molecule has 0 fully saturated rings. The second kappa shape index (κ2) is 57.8. The van der Waals surface area contributed by atoms with Crippen molar-refractivity contribution < 1.29 is 57.0 Å². The summed E-state index contributed by atoms with van der Waals surface area (Å²) in [6.45, 7) is 23.3. The molecule has 6 aromatic carbocycles. The molecule has 9 rings (SSSR count). The number of aryl methyl sites for hydroxylation is 3. The molecule has 0 aliphatic rings. The number of unbranched alkanes of at least 4 members (excludes halogenated alkanes) is 27. The van der Waals surface area contributed by atoms with Gasteiger partial charge in [-0.15, -0.1) is 0 Å². The lowest BCUT2D eigenvalue weighted by atomic mass is 10.1. The fourth-order valence-electron chi connectivity index (χ4n) is 14.2. The van der Waals surface area contributed by atoms with Gasteiger partial charge in [-0.2, -0.15) is 0 Å². The SMILES string of the molecule is C=C(C(=O)Oc1ccc(-c2ncc(CCCCC)cn2)cc1)c1ccc(OCCCCCCCCCCOCCC(OCCCCCCCCCCOc2ccc(C(=C)C(=O)Oc3ccc(-c4ncc(CCCCC)cn4)cc3)cc2)OCCCCCCCCCCOc2ccc(C(=C)C(=O)Oc3ccc(-c4ncc(CCCCC)cn4)cc3)cc2)cc1. The second-order valence-corrected chi connectivity index (χ2v) is 32.0. The van der Waals surface area contributed by atoms with E-state index >= 15 is 0 Å². The van der Waals surface area contributed by atoms with Crippen LogP contribution in [-0.2, 0) is 47.9 Å². The smallest absolute Gasteiger partial charge is 0.343 e. The monoisotopic (exact) mass is 1670 g/mol. The molecular weight excluding hydrogens is 1540 g/mol. The molecule has 0 N–H and O–H groups in total. The zero-order valence-corrected chi connectivity index (χ0v) is 73.7. The summed E-state index contributed by atoms with van der Waals surface area (Å²) in [7, 11) is 0. The minimum atomic E-state index is -0.511. The maximum absolute atomic E-state index is 13.1. The van der Waals surface area contributed by atoms with Crippen molar-refractivity contribution in [3.8, 4) is 68.7 Å². The molecule has 0 atom stereocenters. The Morgan fingerprint density at radius 1 is 0.268 bits per heavy atom. The average molecular weight is 1670 g/mol. The summed E-state index contributed by atoms with van der Waals surface area (Å²) in [6, 6.07) is 44.0. The van der Waals surface area contributed by atoms with E-state index in [-0.39, 0.29) is 23.0 Å². The van der Waals surface area contributed by atoms with Crippen molar-refractivity contribution in [3.63, 3.8) is 0 Å². The van der Waals surface area contributed by atoms with E-state index < -0.39 is 17.9 Å². The van der Waals surface area contributed by atoms with Crippen LogP contribution in [0.4, 0.5) is 0 Å². The predicted octanol–water partition coefficient (Wildman–Crippen LogP) is 25.8. The lowest BCUT2D eigenvalue weighted by molar-refractivity contribution is -0.154. The molecule has 18 nitrogen and oxygen atoms in total. The number of carbonyl (C=O) groups excluding carboxylic acids is 3. The number of hydrogen-bond acceptors (Lipinski definition) is 18. The summed E-state index contributed by atoms with van der Waals surface area (Å²) in [5.74, 6) is 3.94. The van der Waals surface area contributed by atoms with Gasteiger partial charge in [0.1, 0.15) is 34.5 Å². The quantitative estimate of drug-likeness (QED) is 0.0114. The van der Waals surface area contributed by atoms with Crippen LogP contribution in [0.1, 0.15) is 272 Å². The number of esters is 3. The molecule has 0 bridgehead atoms. The van der Waals surface area contributed by atoms with E-state index in [1.807, 2.05) is 146 Å². The van der Waals surface area contributed by atoms with Gasteiger partial charge in [-0.1, -0.05) is 231 Å². The second-order valence-electron chi connectivity index (χ2n) is 32.0. The molecule has 0 saturated heterocycles. The molecule has 0 amide bonds. The number of rotatable bonds is 65. The van der Waals surface area contributed by atoms with Gasteiger partial charge >= 0.3 is 17.9 Å². The first-order valence-electron chi connectivity index (χ1n) is 45.9. The third-order valence-electron chi connectivity index (χ3n) is 21.8. The van der Waals surface area contributed by atoms with Crippen molar-refractivity contribution in [2.75, 3.05) is 46.2 Å². The van der Waals surface area contributed by atoms with Crippen molar-refractivity contribution in [2.45, 2.75) is 265 Å². The molecule has 3 heterocycles. The van der Waals surface area contributed by atoms with E-state index in [1.54, 1.807) is 36.4 Å². The number of benzene rings is 6. The lowest BCUT2D eigenvalue weighted by Gasteiger charge is -2.19. The molecule has 0 aliphatic carbocycles. The number of hydrogen-bond donors (Lipinski definition) is 0. The van der Waals surface area contributed by atoms with E-state index in [0.29, 0.717) is 91.1 Å². The van der Waals surface area contributed by atoms with Crippen LogP contribution in [0, 0.1) is 0 Å². The molecule has 0 unspecified atom stereocenters. The molecule has 656 valence electrons. The maximum Gasteiger partial charge on any atom is 0.343 e. The van der Waals surface area contributed by atoms with Crippen molar-refractivity contribution in [3.05, 3.63) is 236 Å². The Morgan fingerprint density at radius 2 is 0.504 bits per heavy atom. The molecule has 0 aliphatic heterocycles. The summed E-state index contributed by atoms with van der Waals surface area (Å²) in [4.78, 5) is 66.4. The molecule has 0 spiro atoms. The zero-order valence-electron chi connectivity index (χ0n) is 73.7. The fraction of sp³-hybridized carbons (Fsp3) is 0.457. The summed E-state index contributed by atoms with van der Waals surface area (Å²) in [6.07, 6.45) is 52.3. The predicted molar refractivity (Wildman–Crippen MR) is 494 cm³/mol. The first kappa shape index (κ1) is 96.3. The standard InChI is InChI=1S/C105H134N6O12/c1-7-10-31-40-84-75-106-100(107-76-84)90-49-61-96(62-50-90)121-103(112)81(4)87-43-55-93(56-44-87)116-69-35-26-20-14-13-19-25-34-68-115-74-67-99(119-72-38-29-23-17-15-21-27-36-70-117-94-57-45-88(46-58-94)82(5)104(113)122-97-63-51-91(52-64-97)101-108-77-85(78-109-101)41-32-11-8-2)120-73-39-30-24-18-16-22-28-37-71-118-95-59-47-89(48-60-95)83(6)105(114)123-98-65-53-92(54-66-98)102-110-79-86(80-111-102)42-33-12-9-3/h43-66,75-80,99H,4-42,67-74H2,1-3H3. The fourth-order valence-corrected chi connectivity index (χ4v) is 14.2. The number of nitrogens with zero attached hydrogens (tertiary/aromatic N) is 6. The Labute approximate surface area is 732 Å². The highest BCUT2D eigenvalue weighted by Crippen LogP contribution is 2.29. The van der Waals surface area contributed by atoms with Crippen molar-refractivity contribution in [1.29, 1.82) is 0 Å². The van der Waals surface area contributed by atoms with E-state index in [4.69, 9.17) is 42.6 Å². The summed E-state index contributed by atoms with van der Waals surface area (Å²) in [5.41, 5.74) is 8.82. The number of carbonyl (C=O) groups is 3. The summed E-state index contributed by atoms with van der Waals surface area (Å²) < 4.78 is 54.1. The van der Waals surface area contributed by atoms with E-state index in [0.717, 1.165) is 179 Å². The highest BCUT2D eigenvalue weighted by Gasteiger charge is 2.19. The Hall–Kier alpha value is -10.5. The van der Waals surface area contributed by atoms with Gasteiger partial charge in [-0.05, 0) is 220 Å². The summed E-state index contributed by atoms with van der Waals surface area (Å²) >= 11 is 0. The van der Waals surface area contributed by atoms with Gasteiger partial charge in [0.15, 0.2) is 23.8 Å². The highest BCUT2D eigenvalue weighted by atomic mass is 16.7. The van der Waals surface area contributed by atoms with Crippen LogP contribution in [0.3, 0.4) is 0 Å². The molecular formula is C105H134N6O12. The van der Waals surface area contributed by atoms with Crippen LogP contribution in [0.25, 0.3) is 50.9 Å². The van der Waals surface area contributed by atoms with Gasteiger partial charge in [0, 0.05) is 80.1 Å². The maximum atomic E-state index is 13.1. The van der Waals surface area contributed by atoms with Gasteiger partial charge in [0.2, 0.25) is 0 Å². The van der Waals surface area contributed by atoms with Gasteiger partial charge < -0.3 is 42.6 Å². The van der Waals surface area contributed by atoms with Gasteiger partial charge in [0.25, 0.3) is 0 Å². The Balaban J connectivity index is 0.588. The molecule has 123 heavy (non-hydrogen) atoms. The average Bonchev–Trinajstić information content (AvgIpc) is 0.848. The molecule has 9 aromatic rings. The summed E-state index contributed by atoms with van der Waals surface area (Å²) in [5, 5.41) is 0. The minimum absolute atomic E-state index is 0.269. The normalized spacial score (nSPS) is 11.2.